The molecule has 2 aliphatic rings. The van der Waals surface area contributed by atoms with E-state index in [4.69, 9.17) is 9.47 Å². The molecule has 0 spiro atoms. The number of nitrogens with zero attached hydrogens (tertiary/aromatic N) is 1. The summed E-state index contributed by atoms with van der Waals surface area (Å²) in [6.45, 7) is 5.59. The van der Waals surface area contributed by atoms with Crippen molar-refractivity contribution in [3.05, 3.63) is 52.5 Å². The number of rotatable bonds is 6. The molecular formula is C26H34BrN3O3. The highest BCUT2D eigenvalue weighted by atomic mass is 79.9. The number of benzene rings is 2. The van der Waals surface area contributed by atoms with Gasteiger partial charge in [-0.1, -0.05) is 28.1 Å². The van der Waals surface area contributed by atoms with E-state index in [1.54, 1.807) is 14.2 Å². The number of hydrogen-bond acceptors (Lipinski definition) is 4. The molecule has 3 atom stereocenters. The zero-order valence-corrected chi connectivity index (χ0v) is 21.4. The van der Waals surface area contributed by atoms with Gasteiger partial charge in [-0.25, -0.2) is 4.79 Å². The summed E-state index contributed by atoms with van der Waals surface area (Å²) in [6.07, 6.45) is 4.02. The van der Waals surface area contributed by atoms with Gasteiger partial charge in [0.2, 0.25) is 0 Å². The first-order chi connectivity index (χ1) is 15.9. The van der Waals surface area contributed by atoms with Crippen LogP contribution in [0.5, 0.6) is 11.5 Å². The monoisotopic (exact) mass is 515 g/mol. The smallest absolute Gasteiger partial charge is 0.319 e. The average molecular weight is 516 g/mol. The molecule has 2 aromatic rings. The van der Waals surface area contributed by atoms with Crippen molar-refractivity contribution in [1.29, 1.82) is 0 Å². The zero-order chi connectivity index (χ0) is 23.6. The van der Waals surface area contributed by atoms with Crippen LogP contribution >= 0.6 is 15.9 Å². The minimum Gasteiger partial charge on any atom is -0.493 e. The fraction of sp³-hybridized carbons (Fsp3) is 0.500. The van der Waals surface area contributed by atoms with Crippen molar-refractivity contribution in [3.63, 3.8) is 0 Å². The molecule has 4 rings (SSSR count). The van der Waals surface area contributed by atoms with E-state index in [-0.39, 0.29) is 17.5 Å². The van der Waals surface area contributed by atoms with Crippen LogP contribution in [-0.4, -0.2) is 49.8 Å². The summed E-state index contributed by atoms with van der Waals surface area (Å²) in [5.74, 6) is 1.53. The summed E-state index contributed by atoms with van der Waals surface area (Å²) < 4.78 is 12.0. The van der Waals surface area contributed by atoms with Gasteiger partial charge in [-0.15, -0.1) is 0 Å². The average Bonchev–Trinajstić information content (AvgIpc) is 3.18. The molecule has 0 aromatic heterocycles. The number of carbonyl (C=O) groups excluding carboxylic acids is 1. The zero-order valence-electron chi connectivity index (χ0n) is 19.9. The number of carbonyl (C=O) groups is 1. The number of amides is 2. The highest BCUT2D eigenvalue weighted by Crippen LogP contribution is 2.50. The summed E-state index contributed by atoms with van der Waals surface area (Å²) in [4.78, 5) is 15.3. The lowest BCUT2D eigenvalue weighted by molar-refractivity contribution is 0.113. The molecule has 0 radical (unpaired) electrons. The molecule has 1 saturated heterocycles. The second kappa shape index (κ2) is 9.94. The first-order valence-corrected chi connectivity index (χ1v) is 12.5. The van der Waals surface area contributed by atoms with Crippen LogP contribution in [0.4, 0.5) is 10.5 Å². The Labute approximate surface area is 205 Å². The fourth-order valence-electron chi connectivity index (χ4n) is 5.74. The molecule has 1 heterocycles. The first kappa shape index (κ1) is 23.9. The Kier molecular flexibility index (Phi) is 7.19. The molecule has 2 N–H and O–H groups in total. The number of halogens is 1. The van der Waals surface area contributed by atoms with E-state index < -0.39 is 0 Å². The van der Waals surface area contributed by atoms with E-state index in [1.165, 1.54) is 5.56 Å². The van der Waals surface area contributed by atoms with Crippen LogP contribution in [0.15, 0.2) is 46.9 Å². The van der Waals surface area contributed by atoms with Crippen molar-refractivity contribution in [2.24, 2.45) is 0 Å². The van der Waals surface area contributed by atoms with Crippen LogP contribution in [0.25, 0.3) is 0 Å². The Morgan fingerprint density at radius 2 is 1.91 bits per heavy atom. The summed E-state index contributed by atoms with van der Waals surface area (Å²) in [5, 5.41) is 6.20. The highest BCUT2D eigenvalue weighted by Gasteiger charge is 2.52. The van der Waals surface area contributed by atoms with Crippen molar-refractivity contribution in [1.82, 2.24) is 10.2 Å². The third kappa shape index (κ3) is 4.85. The molecule has 3 unspecified atom stereocenters. The van der Waals surface area contributed by atoms with Crippen molar-refractivity contribution >= 4 is 27.6 Å². The van der Waals surface area contributed by atoms with Gasteiger partial charge in [-0.3, -0.25) is 4.90 Å². The topological polar surface area (TPSA) is 62.8 Å². The van der Waals surface area contributed by atoms with E-state index in [2.05, 4.69) is 57.4 Å². The Balaban J connectivity index is 1.53. The first-order valence-electron chi connectivity index (χ1n) is 11.7. The molecular weight excluding hydrogens is 482 g/mol. The van der Waals surface area contributed by atoms with Gasteiger partial charge in [0.15, 0.2) is 11.5 Å². The molecule has 2 amide bonds. The standard InChI is InChI=1S/C26H34BrN3O3/c1-17(2)30-13-12-26(18-8-9-22(32-3)23(14-18)33-4)11-10-21(16-24(26)30)29-25(31)28-20-7-5-6-19(27)15-20/h5-9,14-15,17,21,24H,10-13,16H2,1-4H3,(H2,28,29,31). The van der Waals surface area contributed by atoms with Crippen molar-refractivity contribution in [2.75, 3.05) is 26.1 Å². The Morgan fingerprint density at radius 1 is 1.12 bits per heavy atom. The number of anilines is 1. The van der Waals surface area contributed by atoms with Gasteiger partial charge in [0, 0.05) is 33.7 Å². The Morgan fingerprint density at radius 3 is 2.61 bits per heavy atom. The second-order valence-electron chi connectivity index (χ2n) is 9.40. The van der Waals surface area contributed by atoms with Crippen LogP contribution in [0, 0.1) is 0 Å². The van der Waals surface area contributed by atoms with Gasteiger partial charge in [0.05, 0.1) is 14.2 Å². The third-order valence-electron chi connectivity index (χ3n) is 7.34. The van der Waals surface area contributed by atoms with Gasteiger partial charge < -0.3 is 20.1 Å². The molecule has 178 valence electrons. The molecule has 2 aromatic carbocycles. The van der Waals surface area contributed by atoms with Crippen molar-refractivity contribution < 1.29 is 14.3 Å². The number of methoxy groups -OCH3 is 2. The number of urea groups is 1. The highest BCUT2D eigenvalue weighted by molar-refractivity contribution is 9.10. The molecule has 0 bridgehead atoms. The second-order valence-corrected chi connectivity index (χ2v) is 10.3. The normalized spacial score (nSPS) is 24.9. The Hall–Kier alpha value is -2.25. The largest absolute Gasteiger partial charge is 0.493 e. The molecule has 33 heavy (non-hydrogen) atoms. The van der Waals surface area contributed by atoms with Crippen LogP contribution < -0.4 is 20.1 Å². The van der Waals surface area contributed by atoms with Gasteiger partial charge in [-0.2, -0.15) is 0 Å². The SMILES string of the molecule is COc1ccc(C23CCC(NC(=O)Nc4cccc(Br)c4)CC2N(C(C)C)CC3)cc1OC. The molecule has 1 saturated carbocycles. The van der Waals surface area contributed by atoms with Gasteiger partial charge in [0.1, 0.15) is 0 Å². The molecule has 1 aliphatic heterocycles. The van der Waals surface area contributed by atoms with Crippen molar-refractivity contribution in [2.45, 2.75) is 63.1 Å². The van der Waals surface area contributed by atoms with E-state index in [9.17, 15) is 4.79 Å². The van der Waals surface area contributed by atoms with E-state index >= 15 is 0 Å². The molecule has 6 nitrogen and oxygen atoms in total. The molecule has 7 heteroatoms. The van der Waals surface area contributed by atoms with Crippen LogP contribution in [0.2, 0.25) is 0 Å². The fourth-order valence-corrected chi connectivity index (χ4v) is 6.13. The predicted octanol–water partition coefficient (Wildman–Crippen LogP) is 5.56. The van der Waals surface area contributed by atoms with Gasteiger partial charge in [-0.05, 0) is 82.0 Å². The van der Waals surface area contributed by atoms with E-state index in [1.807, 2.05) is 30.3 Å². The predicted molar refractivity (Wildman–Crippen MR) is 135 cm³/mol. The Bertz CT molecular complexity index is 998. The van der Waals surface area contributed by atoms with Crippen LogP contribution in [0.3, 0.4) is 0 Å². The number of likely N-dealkylation sites (tertiary alicyclic amines) is 1. The van der Waals surface area contributed by atoms with E-state index in [0.29, 0.717) is 12.1 Å². The summed E-state index contributed by atoms with van der Waals surface area (Å²) in [6, 6.07) is 14.8. The number of nitrogens with one attached hydrogen (secondary N) is 2. The maximum absolute atomic E-state index is 12.7. The maximum Gasteiger partial charge on any atom is 0.319 e. The number of hydrogen-bond donors (Lipinski definition) is 2. The molecule has 1 aliphatic carbocycles. The van der Waals surface area contributed by atoms with Crippen LogP contribution in [0.1, 0.15) is 45.1 Å². The minimum absolute atomic E-state index is 0.0583. The summed E-state index contributed by atoms with van der Waals surface area (Å²) in [5.41, 5.74) is 2.15. The number of ether oxygens (including phenoxy) is 2. The maximum atomic E-state index is 12.7. The van der Waals surface area contributed by atoms with Gasteiger partial charge in [0.25, 0.3) is 0 Å². The van der Waals surface area contributed by atoms with Crippen molar-refractivity contribution in [3.8, 4) is 11.5 Å². The lowest BCUT2D eigenvalue weighted by atomic mass is 9.65. The van der Waals surface area contributed by atoms with Crippen LogP contribution in [-0.2, 0) is 5.41 Å². The lowest BCUT2D eigenvalue weighted by Crippen LogP contribution is -2.54. The van der Waals surface area contributed by atoms with E-state index in [0.717, 1.165) is 53.9 Å². The lowest BCUT2D eigenvalue weighted by Gasteiger charge is -2.46. The van der Waals surface area contributed by atoms with Gasteiger partial charge >= 0.3 is 6.03 Å². The quantitative estimate of drug-likeness (QED) is 0.528. The number of fused-ring (bicyclic) bond motifs is 1. The summed E-state index contributed by atoms with van der Waals surface area (Å²) in [7, 11) is 3.36. The molecule has 2 fully saturated rings. The summed E-state index contributed by atoms with van der Waals surface area (Å²) >= 11 is 3.45. The third-order valence-corrected chi connectivity index (χ3v) is 7.83. The minimum atomic E-state index is -0.147.